The van der Waals surface area contributed by atoms with Crippen LogP contribution in [0.4, 0.5) is 13.2 Å². The normalized spacial score (nSPS) is 10.4. The Kier molecular flexibility index (Phi) is 2.56. The van der Waals surface area contributed by atoms with E-state index in [0.29, 0.717) is 0 Å². The third-order valence-electron chi connectivity index (χ3n) is 2.19. The summed E-state index contributed by atoms with van der Waals surface area (Å²) in [6.07, 6.45) is 0. The van der Waals surface area contributed by atoms with Gasteiger partial charge in [0, 0.05) is 5.56 Å². The maximum absolute atomic E-state index is 13.3. The summed E-state index contributed by atoms with van der Waals surface area (Å²) >= 11 is 0. The molecule has 16 heavy (non-hydrogen) atoms. The highest BCUT2D eigenvalue weighted by Gasteiger charge is 2.12. The molecule has 1 N–H and O–H groups in total. The molecule has 0 heterocycles. The summed E-state index contributed by atoms with van der Waals surface area (Å²) < 4.78 is 39.1. The van der Waals surface area contributed by atoms with Crippen molar-refractivity contribution in [2.45, 2.75) is 0 Å². The number of phenolic OH excluding ortho intramolecular Hbond substituents is 1. The van der Waals surface area contributed by atoms with Crippen LogP contribution in [0.1, 0.15) is 0 Å². The van der Waals surface area contributed by atoms with Crippen LogP contribution in [0.15, 0.2) is 36.4 Å². The number of rotatable bonds is 1. The third-order valence-corrected chi connectivity index (χ3v) is 2.19. The molecule has 0 radical (unpaired) electrons. The molecule has 0 aliphatic carbocycles. The first kappa shape index (κ1) is 10.5. The standard InChI is InChI=1S/C12H7F3O/c13-9-4-2-1-3-8(9)7-5-10(14)12(15)11(16)6-7/h1-6,16H. The van der Waals surface area contributed by atoms with Gasteiger partial charge < -0.3 is 5.11 Å². The summed E-state index contributed by atoms with van der Waals surface area (Å²) in [5, 5.41) is 9.10. The Morgan fingerprint density at radius 3 is 2.19 bits per heavy atom. The molecule has 4 heteroatoms. The lowest BCUT2D eigenvalue weighted by Crippen LogP contribution is -1.89. The van der Waals surface area contributed by atoms with Gasteiger partial charge in [-0.2, -0.15) is 4.39 Å². The largest absolute Gasteiger partial charge is 0.505 e. The van der Waals surface area contributed by atoms with Crippen LogP contribution in [0.25, 0.3) is 11.1 Å². The van der Waals surface area contributed by atoms with E-state index in [4.69, 9.17) is 5.11 Å². The van der Waals surface area contributed by atoms with Gasteiger partial charge in [-0.25, -0.2) is 8.78 Å². The van der Waals surface area contributed by atoms with Crippen LogP contribution < -0.4 is 0 Å². The van der Waals surface area contributed by atoms with Gasteiger partial charge in [0.25, 0.3) is 0 Å². The van der Waals surface area contributed by atoms with Gasteiger partial charge in [-0.05, 0) is 23.8 Å². The van der Waals surface area contributed by atoms with Gasteiger partial charge in [-0.15, -0.1) is 0 Å². The lowest BCUT2D eigenvalue weighted by Gasteiger charge is -2.05. The minimum Gasteiger partial charge on any atom is -0.505 e. The van der Waals surface area contributed by atoms with E-state index in [1.807, 2.05) is 0 Å². The summed E-state index contributed by atoms with van der Waals surface area (Å²) in [5.41, 5.74) is 0.200. The highest BCUT2D eigenvalue weighted by molar-refractivity contribution is 5.65. The van der Waals surface area contributed by atoms with Gasteiger partial charge in [0.15, 0.2) is 17.4 Å². The van der Waals surface area contributed by atoms with Gasteiger partial charge >= 0.3 is 0 Å². The molecule has 2 rings (SSSR count). The van der Waals surface area contributed by atoms with E-state index in [-0.39, 0.29) is 11.1 Å². The zero-order chi connectivity index (χ0) is 11.7. The van der Waals surface area contributed by atoms with E-state index in [1.165, 1.54) is 18.2 Å². The van der Waals surface area contributed by atoms with E-state index < -0.39 is 23.2 Å². The van der Waals surface area contributed by atoms with Crippen molar-refractivity contribution in [3.8, 4) is 16.9 Å². The van der Waals surface area contributed by atoms with Gasteiger partial charge in [0.1, 0.15) is 5.82 Å². The fourth-order valence-corrected chi connectivity index (χ4v) is 1.43. The van der Waals surface area contributed by atoms with Crippen LogP contribution >= 0.6 is 0 Å². The molecule has 2 aromatic rings. The molecule has 82 valence electrons. The van der Waals surface area contributed by atoms with Crippen molar-refractivity contribution in [3.63, 3.8) is 0 Å². The zero-order valence-corrected chi connectivity index (χ0v) is 8.05. The summed E-state index contributed by atoms with van der Waals surface area (Å²) in [7, 11) is 0. The van der Waals surface area contributed by atoms with Gasteiger partial charge in [0.2, 0.25) is 0 Å². The molecule has 0 bridgehead atoms. The zero-order valence-electron chi connectivity index (χ0n) is 8.05. The Balaban J connectivity index is 2.62. The fraction of sp³-hybridized carbons (Fsp3) is 0. The Bertz CT molecular complexity index is 515. The predicted molar refractivity (Wildman–Crippen MR) is 53.4 cm³/mol. The molecular weight excluding hydrogens is 217 g/mol. The molecule has 0 spiro atoms. The molecular formula is C12H7F3O. The molecule has 0 saturated heterocycles. The topological polar surface area (TPSA) is 20.2 Å². The number of aromatic hydroxyl groups is 1. The summed E-state index contributed by atoms with van der Waals surface area (Å²) in [6.45, 7) is 0. The summed E-state index contributed by atoms with van der Waals surface area (Å²) in [6, 6.07) is 7.49. The molecule has 0 saturated carbocycles. The molecule has 0 aromatic heterocycles. The smallest absolute Gasteiger partial charge is 0.200 e. The second-order valence-electron chi connectivity index (χ2n) is 3.27. The Hall–Kier alpha value is -1.97. The van der Waals surface area contributed by atoms with Crippen molar-refractivity contribution in [1.29, 1.82) is 0 Å². The van der Waals surface area contributed by atoms with Crippen LogP contribution in [0.2, 0.25) is 0 Å². The SMILES string of the molecule is Oc1cc(-c2ccccc2F)cc(F)c1F. The number of phenols is 1. The van der Waals surface area contributed by atoms with E-state index >= 15 is 0 Å². The molecule has 0 aliphatic heterocycles. The minimum absolute atomic E-state index is 0.0921. The van der Waals surface area contributed by atoms with Crippen LogP contribution in [-0.4, -0.2) is 5.11 Å². The van der Waals surface area contributed by atoms with Gasteiger partial charge in [-0.1, -0.05) is 18.2 Å². The van der Waals surface area contributed by atoms with Crippen molar-refractivity contribution in [2.75, 3.05) is 0 Å². The van der Waals surface area contributed by atoms with Crippen molar-refractivity contribution in [3.05, 3.63) is 53.8 Å². The van der Waals surface area contributed by atoms with Crippen molar-refractivity contribution in [2.24, 2.45) is 0 Å². The minimum atomic E-state index is -1.33. The van der Waals surface area contributed by atoms with E-state index in [2.05, 4.69) is 0 Å². The third kappa shape index (κ3) is 1.74. The average molecular weight is 224 g/mol. The number of halogens is 3. The van der Waals surface area contributed by atoms with Crippen LogP contribution in [-0.2, 0) is 0 Å². The highest BCUT2D eigenvalue weighted by Crippen LogP contribution is 2.29. The molecule has 0 atom stereocenters. The fourth-order valence-electron chi connectivity index (χ4n) is 1.43. The predicted octanol–water partition coefficient (Wildman–Crippen LogP) is 3.48. The lowest BCUT2D eigenvalue weighted by molar-refractivity contribution is 0.407. The maximum atomic E-state index is 13.3. The second kappa shape index (κ2) is 3.89. The Morgan fingerprint density at radius 2 is 1.56 bits per heavy atom. The van der Waals surface area contributed by atoms with Crippen LogP contribution in [0, 0.1) is 17.5 Å². The van der Waals surface area contributed by atoms with Gasteiger partial charge in [-0.3, -0.25) is 0 Å². The van der Waals surface area contributed by atoms with Crippen LogP contribution in [0.5, 0.6) is 5.75 Å². The summed E-state index contributed by atoms with van der Waals surface area (Å²) in [4.78, 5) is 0. The van der Waals surface area contributed by atoms with E-state index in [1.54, 1.807) is 6.07 Å². The molecule has 0 aliphatic rings. The molecule has 2 aromatic carbocycles. The first-order valence-corrected chi connectivity index (χ1v) is 4.52. The molecule has 0 amide bonds. The molecule has 0 unspecified atom stereocenters. The average Bonchev–Trinajstić information content (AvgIpc) is 2.26. The summed E-state index contributed by atoms with van der Waals surface area (Å²) in [5.74, 6) is -3.94. The Morgan fingerprint density at radius 1 is 0.875 bits per heavy atom. The highest BCUT2D eigenvalue weighted by atomic mass is 19.2. The van der Waals surface area contributed by atoms with Gasteiger partial charge in [0.05, 0.1) is 0 Å². The monoisotopic (exact) mass is 224 g/mol. The first-order chi connectivity index (χ1) is 7.59. The van der Waals surface area contributed by atoms with E-state index in [0.717, 1.165) is 12.1 Å². The second-order valence-corrected chi connectivity index (χ2v) is 3.27. The van der Waals surface area contributed by atoms with Crippen molar-refractivity contribution < 1.29 is 18.3 Å². The number of hydrogen-bond acceptors (Lipinski definition) is 1. The lowest BCUT2D eigenvalue weighted by atomic mass is 10.0. The van der Waals surface area contributed by atoms with E-state index in [9.17, 15) is 13.2 Å². The molecule has 1 nitrogen and oxygen atoms in total. The molecule has 0 fully saturated rings. The Labute approximate surface area is 89.8 Å². The first-order valence-electron chi connectivity index (χ1n) is 4.52. The van der Waals surface area contributed by atoms with Crippen LogP contribution in [0.3, 0.4) is 0 Å². The number of hydrogen-bond donors (Lipinski definition) is 1. The number of benzene rings is 2. The van der Waals surface area contributed by atoms with Crippen molar-refractivity contribution in [1.82, 2.24) is 0 Å². The quantitative estimate of drug-likeness (QED) is 0.786. The maximum Gasteiger partial charge on any atom is 0.200 e. The van der Waals surface area contributed by atoms with Crippen molar-refractivity contribution >= 4 is 0 Å².